The Morgan fingerprint density at radius 2 is 1.44 bits per heavy atom. The summed E-state index contributed by atoms with van der Waals surface area (Å²) in [5, 5.41) is 8.18. The van der Waals surface area contributed by atoms with E-state index in [4.69, 9.17) is 0 Å². The van der Waals surface area contributed by atoms with Crippen molar-refractivity contribution in [1.82, 2.24) is 10.3 Å². The fraction of sp³-hybridized carbons (Fsp3) is 0.152. The molecule has 1 heterocycles. The van der Waals surface area contributed by atoms with E-state index < -0.39 is 11.8 Å². The Morgan fingerprint density at radius 1 is 0.780 bits per heavy atom. The van der Waals surface area contributed by atoms with Crippen LogP contribution in [0.2, 0.25) is 0 Å². The van der Waals surface area contributed by atoms with E-state index in [-0.39, 0.29) is 16.9 Å². The van der Waals surface area contributed by atoms with E-state index in [0.717, 1.165) is 10.6 Å². The highest BCUT2D eigenvalue weighted by Gasteiger charge is 2.17. The molecule has 208 valence electrons. The molecule has 4 rings (SSSR count). The van der Waals surface area contributed by atoms with Gasteiger partial charge in [-0.2, -0.15) is 0 Å². The second-order valence-corrected chi connectivity index (χ2v) is 11.1. The van der Waals surface area contributed by atoms with Crippen LogP contribution in [0.4, 0.5) is 11.4 Å². The quantitative estimate of drug-likeness (QED) is 0.146. The summed E-state index contributed by atoms with van der Waals surface area (Å²) in [6, 6.07) is 27.3. The highest BCUT2D eigenvalue weighted by Crippen LogP contribution is 2.26. The first-order valence-electron chi connectivity index (χ1n) is 13.3. The molecule has 1 atom stereocenters. The molecule has 3 amide bonds. The molecule has 0 radical (unpaired) electrons. The smallest absolute Gasteiger partial charge is 0.272 e. The standard InChI is InChI=1S/C33H32N4O3S/c1-22(2)25-11-13-27(14-12-25)35-31(38)23(3)41-29-17-15-28(16-18-29)36-33(40)30(20-24-8-7-19-34-21-24)37-32(39)26-9-5-4-6-10-26/h4-23H,1-3H3,(H,35,38)(H,36,40)(H,37,39)/b30-20-. The number of anilines is 2. The van der Waals surface area contributed by atoms with Crippen LogP contribution in [0.5, 0.6) is 0 Å². The molecule has 8 heteroatoms. The molecule has 4 aromatic rings. The minimum Gasteiger partial charge on any atom is -0.325 e. The Balaban J connectivity index is 1.39. The first-order chi connectivity index (χ1) is 19.8. The lowest BCUT2D eigenvalue weighted by atomic mass is 10.0. The Kier molecular flexibility index (Phi) is 10.1. The number of rotatable bonds is 10. The van der Waals surface area contributed by atoms with Crippen LogP contribution in [0.15, 0.2) is 114 Å². The van der Waals surface area contributed by atoms with Crippen LogP contribution in [0, 0.1) is 0 Å². The molecule has 0 saturated heterocycles. The van der Waals surface area contributed by atoms with Crippen LogP contribution in [0.3, 0.4) is 0 Å². The average Bonchev–Trinajstić information content (AvgIpc) is 2.99. The van der Waals surface area contributed by atoms with Gasteiger partial charge in [-0.05, 0) is 84.6 Å². The molecule has 0 fully saturated rings. The largest absolute Gasteiger partial charge is 0.325 e. The number of aromatic nitrogens is 1. The van der Waals surface area contributed by atoms with E-state index in [9.17, 15) is 14.4 Å². The van der Waals surface area contributed by atoms with Gasteiger partial charge >= 0.3 is 0 Å². The van der Waals surface area contributed by atoms with Gasteiger partial charge in [0.05, 0.1) is 5.25 Å². The summed E-state index contributed by atoms with van der Waals surface area (Å²) in [5.41, 5.74) is 3.71. The molecule has 0 saturated carbocycles. The van der Waals surface area contributed by atoms with Crippen LogP contribution in [-0.2, 0) is 9.59 Å². The van der Waals surface area contributed by atoms with Gasteiger partial charge in [0.2, 0.25) is 5.91 Å². The summed E-state index contributed by atoms with van der Waals surface area (Å²) in [6.07, 6.45) is 4.81. The molecular weight excluding hydrogens is 532 g/mol. The molecule has 7 nitrogen and oxygen atoms in total. The van der Waals surface area contributed by atoms with Crippen LogP contribution < -0.4 is 16.0 Å². The summed E-state index contributed by atoms with van der Waals surface area (Å²) in [7, 11) is 0. The number of amides is 3. The van der Waals surface area contributed by atoms with E-state index in [1.807, 2.05) is 49.4 Å². The molecular formula is C33H32N4O3S. The van der Waals surface area contributed by atoms with Crippen LogP contribution >= 0.6 is 11.8 Å². The maximum atomic E-state index is 13.2. The van der Waals surface area contributed by atoms with Gasteiger partial charge in [-0.1, -0.05) is 50.2 Å². The number of hydrogen-bond acceptors (Lipinski definition) is 5. The SMILES string of the molecule is CC(Sc1ccc(NC(=O)/C(=C/c2cccnc2)NC(=O)c2ccccc2)cc1)C(=O)Nc1ccc(C(C)C)cc1. The number of carbonyl (C=O) groups excluding carboxylic acids is 3. The topological polar surface area (TPSA) is 100 Å². The van der Waals surface area contributed by atoms with Crippen LogP contribution in [-0.4, -0.2) is 28.0 Å². The lowest BCUT2D eigenvalue weighted by Crippen LogP contribution is -2.30. The zero-order valence-electron chi connectivity index (χ0n) is 23.1. The Morgan fingerprint density at radius 3 is 2.07 bits per heavy atom. The number of thioether (sulfide) groups is 1. The van der Waals surface area contributed by atoms with Gasteiger partial charge in [0, 0.05) is 34.2 Å². The molecule has 1 unspecified atom stereocenters. The number of pyridine rings is 1. The normalized spacial score (nSPS) is 12.0. The van der Waals surface area contributed by atoms with Gasteiger partial charge in [0.1, 0.15) is 5.70 Å². The number of carbonyl (C=O) groups is 3. The predicted octanol–water partition coefficient (Wildman–Crippen LogP) is 6.73. The molecule has 3 N–H and O–H groups in total. The van der Waals surface area contributed by atoms with E-state index in [2.05, 4.69) is 34.8 Å². The minimum atomic E-state index is -0.477. The molecule has 0 bridgehead atoms. The highest BCUT2D eigenvalue weighted by molar-refractivity contribution is 8.00. The lowest BCUT2D eigenvalue weighted by molar-refractivity contribution is -0.115. The Labute approximate surface area is 244 Å². The van der Waals surface area contributed by atoms with Crippen molar-refractivity contribution < 1.29 is 14.4 Å². The average molecular weight is 565 g/mol. The molecule has 0 aliphatic carbocycles. The summed E-state index contributed by atoms with van der Waals surface area (Å²) in [6.45, 7) is 6.11. The molecule has 3 aromatic carbocycles. The van der Waals surface area contributed by atoms with Gasteiger partial charge in [-0.3, -0.25) is 19.4 Å². The zero-order valence-corrected chi connectivity index (χ0v) is 23.9. The van der Waals surface area contributed by atoms with Crippen molar-refractivity contribution in [3.05, 3.63) is 126 Å². The maximum Gasteiger partial charge on any atom is 0.272 e. The monoisotopic (exact) mass is 564 g/mol. The van der Waals surface area contributed by atoms with E-state index in [1.165, 1.54) is 17.3 Å². The molecule has 41 heavy (non-hydrogen) atoms. The first kappa shape index (κ1) is 29.3. The molecule has 1 aromatic heterocycles. The van der Waals surface area contributed by atoms with E-state index >= 15 is 0 Å². The lowest BCUT2D eigenvalue weighted by Gasteiger charge is -2.14. The second-order valence-electron chi connectivity index (χ2n) is 9.67. The van der Waals surface area contributed by atoms with Crippen molar-refractivity contribution in [2.45, 2.75) is 36.8 Å². The van der Waals surface area contributed by atoms with E-state index in [0.29, 0.717) is 22.7 Å². The summed E-state index contributed by atoms with van der Waals surface area (Å²) >= 11 is 1.42. The van der Waals surface area contributed by atoms with Gasteiger partial charge in [0.15, 0.2) is 0 Å². The fourth-order valence-corrected chi connectivity index (χ4v) is 4.71. The van der Waals surface area contributed by atoms with Crippen molar-refractivity contribution in [2.24, 2.45) is 0 Å². The number of benzene rings is 3. The van der Waals surface area contributed by atoms with Gasteiger partial charge in [0.25, 0.3) is 11.8 Å². The number of nitrogens with one attached hydrogen (secondary N) is 3. The molecule has 0 aliphatic rings. The van der Waals surface area contributed by atoms with Gasteiger partial charge < -0.3 is 16.0 Å². The summed E-state index contributed by atoms with van der Waals surface area (Å²) < 4.78 is 0. The third kappa shape index (κ3) is 8.65. The highest BCUT2D eigenvalue weighted by atomic mass is 32.2. The Bertz CT molecular complexity index is 1500. The summed E-state index contributed by atoms with van der Waals surface area (Å²) in [5.74, 6) is -0.539. The number of nitrogens with zero attached hydrogens (tertiary/aromatic N) is 1. The third-order valence-corrected chi connectivity index (χ3v) is 7.28. The van der Waals surface area contributed by atoms with Crippen molar-refractivity contribution in [1.29, 1.82) is 0 Å². The minimum absolute atomic E-state index is 0.0806. The van der Waals surface area contributed by atoms with Gasteiger partial charge in [-0.15, -0.1) is 11.8 Å². The molecule has 0 spiro atoms. The summed E-state index contributed by atoms with van der Waals surface area (Å²) in [4.78, 5) is 43.7. The first-order valence-corrected chi connectivity index (χ1v) is 14.1. The second kappa shape index (κ2) is 14.1. The van der Waals surface area contributed by atoms with Crippen molar-refractivity contribution in [3.8, 4) is 0 Å². The van der Waals surface area contributed by atoms with E-state index in [1.54, 1.807) is 67.0 Å². The van der Waals surface area contributed by atoms with Gasteiger partial charge in [-0.25, -0.2) is 0 Å². The molecule has 0 aliphatic heterocycles. The van der Waals surface area contributed by atoms with Crippen LogP contribution in [0.1, 0.15) is 48.2 Å². The van der Waals surface area contributed by atoms with Crippen molar-refractivity contribution >= 4 is 46.9 Å². The predicted molar refractivity (Wildman–Crippen MR) is 166 cm³/mol. The maximum absolute atomic E-state index is 13.2. The zero-order chi connectivity index (χ0) is 29.2. The van der Waals surface area contributed by atoms with Crippen molar-refractivity contribution in [3.63, 3.8) is 0 Å². The fourth-order valence-electron chi connectivity index (χ4n) is 3.84. The number of hydrogen-bond donors (Lipinski definition) is 3. The Hall–Kier alpha value is -4.69. The van der Waals surface area contributed by atoms with Crippen molar-refractivity contribution in [2.75, 3.05) is 10.6 Å². The van der Waals surface area contributed by atoms with Crippen LogP contribution in [0.25, 0.3) is 6.08 Å². The third-order valence-electron chi connectivity index (χ3n) is 6.16.